The van der Waals surface area contributed by atoms with Crippen LogP contribution in [-0.2, 0) is 13.2 Å². The molecular weight excluding hydrogens is 328 g/mol. The van der Waals surface area contributed by atoms with Gasteiger partial charge in [-0.05, 0) is 65.1 Å². The number of ether oxygens (including phenoxy) is 1. The molecule has 1 N–H and O–H groups in total. The Bertz CT molecular complexity index is 587. The smallest absolute Gasteiger partial charge is 0.134 e. The second-order valence-corrected chi connectivity index (χ2v) is 5.96. The highest BCUT2D eigenvalue weighted by atomic mass is 79.9. The fourth-order valence-electron chi connectivity index (χ4n) is 2.04. The third kappa shape index (κ3) is 5.14. The number of benzene rings is 1. The first-order chi connectivity index (χ1) is 10.2. The average Bonchev–Trinajstić information content (AvgIpc) is 2.47. The summed E-state index contributed by atoms with van der Waals surface area (Å²) in [5, 5.41) is 3.39. The maximum atomic E-state index is 5.85. The minimum atomic E-state index is 0.528. The first kappa shape index (κ1) is 16.0. The van der Waals surface area contributed by atoms with Gasteiger partial charge in [-0.2, -0.15) is 0 Å². The van der Waals surface area contributed by atoms with Gasteiger partial charge in [0.2, 0.25) is 0 Å². The molecule has 2 aromatic rings. The van der Waals surface area contributed by atoms with Gasteiger partial charge in [-0.25, -0.2) is 0 Å². The summed E-state index contributed by atoms with van der Waals surface area (Å²) in [4.78, 5) is 4.17. The van der Waals surface area contributed by atoms with E-state index < -0.39 is 0 Å². The summed E-state index contributed by atoms with van der Waals surface area (Å²) in [6.45, 7) is 6.65. The van der Waals surface area contributed by atoms with E-state index in [4.69, 9.17) is 4.74 Å². The quantitative estimate of drug-likeness (QED) is 0.760. The Labute approximate surface area is 134 Å². The summed E-state index contributed by atoms with van der Waals surface area (Å²) in [5.41, 5.74) is 3.47. The number of pyridine rings is 1. The highest BCUT2D eigenvalue weighted by molar-refractivity contribution is 9.10. The lowest BCUT2D eigenvalue weighted by Crippen LogP contribution is -2.13. The van der Waals surface area contributed by atoms with E-state index in [-0.39, 0.29) is 0 Å². The molecule has 0 aliphatic carbocycles. The maximum Gasteiger partial charge on any atom is 0.134 e. The van der Waals surface area contributed by atoms with Gasteiger partial charge in [0, 0.05) is 24.5 Å². The van der Waals surface area contributed by atoms with E-state index in [0.29, 0.717) is 6.61 Å². The number of hydrogen-bond donors (Lipinski definition) is 1. The Morgan fingerprint density at radius 3 is 2.76 bits per heavy atom. The van der Waals surface area contributed by atoms with Crippen molar-refractivity contribution in [2.45, 2.75) is 33.4 Å². The van der Waals surface area contributed by atoms with E-state index in [1.54, 1.807) is 0 Å². The molecule has 1 heterocycles. The van der Waals surface area contributed by atoms with Gasteiger partial charge in [-0.3, -0.25) is 4.98 Å². The molecule has 3 nitrogen and oxygen atoms in total. The van der Waals surface area contributed by atoms with E-state index in [1.807, 2.05) is 25.4 Å². The van der Waals surface area contributed by atoms with Crippen LogP contribution in [0.4, 0.5) is 0 Å². The minimum absolute atomic E-state index is 0.528. The molecule has 0 aliphatic heterocycles. The molecule has 0 aliphatic rings. The third-order valence-corrected chi connectivity index (χ3v) is 3.70. The van der Waals surface area contributed by atoms with Gasteiger partial charge in [0.25, 0.3) is 0 Å². The lowest BCUT2D eigenvalue weighted by atomic mass is 10.2. The van der Waals surface area contributed by atoms with Gasteiger partial charge in [-0.15, -0.1) is 0 Å². The number of hydrogen-bond acceptors (Lipinski definition) is 3. The van der Waals surface area contributed by atoms with Gasteiger partial charge in [-0.1, -0.05) is 13.0 Å². The molecule has 0 saturated carbocycles. The number of rotatable bonds is 7. The second-order valence-electron chi connectivity index (χ2n) is 5.10. The van der Waals surface area contributed by atoms with Crippen LogP contribution in [0.25, 0.3) is 0 Å². The van der Waals surface area contributed by atoms with Gasteiger partial charge < -0.3 is 10.1 Å². The zero-order chi connectivity index (χ0) is 15.1. The molecule has 0 fully saturated rings. The summed E-state index contributed by atoms with van der Waals surface area (Å²) < 4.78 is 6.84. The molecule has 1 aromatic carbocycles. The zero-order valence-corrected chi connectivity index (χ0v) is 14.1. The average molecular weight is 349 g/mol. The van der Waals surface area contributed by atoms with Crippen molar-refractivity contribution in [3.05, 3.63) is 57.8 Å². The van der Waals surface area contributed by atoms with E-state index in [1.165, 1.54) is 5.56 Å². The number of nitrogens with one attached hydrogen (secondary N) is 1. The number of aryl methyl sites for hydroxylation is 1. The van der Waals surface area contributed by atoms with Crippen LogP contribution in [0.5, 0.6) is 5.75 Å². The number of aromatic nitrogens is 1. The van der Waals surface area contributed by atoms with Crippen molar-refractivity contribution in [3.63, 3.8) is 0 Å². The third-order valence-electron chi connectivity index (χ3n) is 3.08. The van der Waals surface area contributed by atoms with Crippen molar-refractivity contribution >= 4 is 15.9 Å². The maximum absolute atomic E-state index is 5.85. The summed E-state index contributed by atoms with van der Waals surface area (Å²) in [6.07, 6.45) is 4.83. The minimum Gasteiger partial charge on any atom is -0.488 e. The normalized spacial score (nSPS) is 10.6. The van der Waals surface area contributed by atoms with Crippen LogP contribution in [0.1, 0.15) is 30.0 Å². The van der Waals surface area contributed by atoms with Crippen LogP contribution in [0, 0.1) is 6.92 Å². The molecule has 0 radical (unpaired) electrons. The van der Waals surface area contributed by atoms with Gasteiger partial charge >= 0.3 is 0 Å². The van der Waals surface area contributed by atoms with Crippen molar-refractivity contribution in [1.82, 2.24) is 10.3 Å². The van der Waals surface area contributed by atoms with E-state index in [0.717, 1.165) is 40.9 Å². The Morgan fingerprint density at radius 2 is 2.05 bits per heavy atom. The number of halogens is 1. The van der Waals surface area contributed by atoms with Gasteiger partial charge in [0.1, 0.15) is 12.4 Å². The summed E-state index contributed by atoms with van der Waals surface area (Å²) >= 11 is 3.58. The lowest BCUT2D eigenvalue weighted by Gasteiger charge is -2.10. The molecule has 1 aromatic heterocycles. The number of nitrogens with zero attached hydrogens (tertiary/aromatic N) is 1. The van der Waals surface area contributed by atoms with Gasteiger partial charge in [0.05, 0.1) is 4.47 Å². The molecular formula is C17H21BrN2O. The van der Waals surface area contributed by atoms with E-state index >= 15 is 0 Å². The first-order valence-corrected chi connectivity index (χ1v) is 8.01. The predicted octanol–water partition coefficient (Wildman–Crippen LogP) is 4.23. The van der Waals surface area contributed by atoms with Crippen molar-refractivity contribution in [2.24, 2.45) is 0 Å². The summed E-state index contributed by atoms with van der Waals surface area (Å²) in [7, 11) is 0. The fraction of sp³-hybridized carbons (Fsp3) is 0.353. The predicted molar refractivity (Wildman–Crippen MR) is 89.4 cm³/mol. The van der Waals surface area contributed by atoms with Crippen LogP contribution in [0.2, 0.25) is 0 Å². The molecule has 0 spiro atoms. The Balaban J connectivity index is 1.94. The Hall–Kier alpha value is -1.39. The van der Waals surface area contributed by atoms with Crippen molar-refractivity contribution in [3.8, 4) is 5.75 Å². The van der Waals surface area contributed by atoms with E-state index in [9.17, 15) is 0 Å². The summed E-state index contributed by atoms with van der Waals surface area (Å²) in [5.74, 6) is 0.857. The molecule has 0 unspecified atom stereocenters. The van der Waals surface area contributed by atoms with Crippen LogP contribution in [-0.4, -0.2) is 11.5 Å². The van der Waals surface area contributed by atoms with Gasteiger partial charge in [0.15, 0.2) is 0 Å². The topological polar surface area (TPSA) is 34.1 Å². The highest BCUT2D eigenvalue weighted by Gasteiger charge is 2.04. The standard InChI is InChI=1S/C17H21BrN2O/c1-3-6-19-10-14-4-5-17(16(18)8-14)21-12-15-7-13(2)9-20-11-15/h4-5,7-9,11,19H,3,6,10,12H2,1-2H3. The fourth-order valence-corrected chi connectivity index (χ4v) is 2.58. The zero-order valence-electron chi connectivity index (χ0n) is 12.5. The molecule has 0 atom stereocenters. The molecule has 21 heavy (non-hydrogen) atoms. The van der Waals surface area contributed by atoms with Crippen LogP contribution in [0.3, 0.4) is 0 Å². The molecule has 2 rings (SSSR count). The SMILES string of the molecule is CCCNCc1ccc(OCc2cncc(C)c2)c(Br)c1. The Morgan fingerprint density at radius 1 is 1.19 bits per heavy atom. The lowest BCUT2D eigenvalue weighted by molar-refractivity contribution is 0.303. The van der Waals surface area contributed by atoms with Crippen molar-refractivity contribution < 1.29 is 4.74 Å². The van der Waals surface area contributed by atoms with E-state index in [2.05, 4.69) is 51.4 Å². The second kappa shape index (κ2) is 8.15. The highest BCUT2D eigenvalue weighted by Crippen LogP contribution is 2.26. The first-order valence-electron chi connectivity index (χ1n) is 7.21. The largest absolute Gasteiger partial charge is 0.488 e. The Kier molecular flexibility index (Phi) is 6.21. The monoisotopic (exact) mass is 348 g/mol. The molecule has 0 saturated heterocycles. The molecule has 112 valence electrons. The van der Waals surface area contributed by atoms with Crippen LogP contribution in [0.15, 0.2) is 41.1 Å². The van der Waals surface area contributed by atoms with Crippen molar-refractivity contribution in [1.29, 1.82) is 0 Å². The molecule has 4 heteroatoms. The molecule has 0 amide bonds. The summed E-state index contributed by atoms with van der Waals surface area (Å²) in [6, 6.07) is 8.30. The van der Waals surface area contributed by atoms with Crippen LogP contribution < -0.4 is 10.1 Å². The molecule has 0 bridgehead atoms. The van der Waals surface area contributed by atoms with Crippen LogP contribution >= 0.6 is 15.9 Å². The van der Waals surface area contributed by atoms with Crippen molar-refractivity contribution in [2.75, 3.05) is 6.54 Å².